The van der Waals surface area contributed by atoms with Gasteiger partial charge in [0.05, 0.1) is 35.3 Å². The summed E-state index contributed by atoms with van der Waals surface area (Å²) in [6, 6.07) is 8.38. The van der Waals surface area contributed by atoms with Crippen molar-refractivity contribution in [1.29, 1.82) is 0 Å². The molecule has 0 saturated carbocycles. The van der Waals surface area contributed by atoms with Gasteiger partial charge in [-0.2, -0.15) is 0 Å². The maximum absolute atomic E-state index is 12.0. The van der Waals surface area contributed by atoms with Crippen molar-refractivity contribution in [3.8, 4) is 23.1 Å². The number of carbonyl (C=O) groups is 1. The Morgan fingerprint density at radius 1 is 1.11 bits per heavy atom. The van der Waals surface area contributed by atoms with Crippen molar-refractivity contribution in [2.75, 3.05) is 65.3 Å². The third kappa shape index (κ3) is 7.37. The maximum Gasteiger partial charge on any atom is 0.319 e. The van der Waals surface area contributed by atoms with Gasteiger partial charge >= 0.3 is 6.03 Å². The first-order valence-electron chi connectivity index (χ1n) is 12.9. The van der Waals surface area contributed by atoms with Gasteiger partial charge in [0.15, 0.2) is 11.5 Å². The number of hydrogen-bond acceptors (Lipinski definition) is 8. The highest BCUT2D eigenvalue weighted by atomic mass is 35.5. The summed E-state index contributed by atoms with van der Waals surface area (Å²) in [5.41, 5.74) is 1.14. The van der Waals surface area contributed by atoms with Gasteiger partial charge in [0, 0.05) is 51.4 Å². The number of fused-ring (bicyclic) bond motifs is 1. The van der Waals surface area contributed by atoms with E-state index in [-0.39, 0.29) is 6.03 Å². The fourth-order valence-electron chi connectivity index (χ4n) is 4.11. The first-order valence-corrected chi connectivity index (χ1v) is 13.2. The molecular weight excluding hydrogens is 508 g/mol. The number of halogens is 1. The molecule has 1 saturated heterocycles. The lowest BCUT2D eigenvalue weighted by molar-refractivity contribution is 0.145. The number of piperazine rings is 1. The number of likely N-dealkylation sites (N-methyl/N-ethyl adjacent to an activating group) is 1. The van der Waals surface area contributed by atoms with E-state index in [1.807, 2.05) is 19.1 Å². The topological polar surface area (TPSA) is 101 Å². The van der Waals surface area contributed by atoms with E-state index < -0.39 is 0 Å². The molecule has 4 rings (SSSR count). The quantitative estimate of drug-likeness (QED) is 0.338. The Bertz CT molecular complexity index is 1240. The molecule has 0 atom stereocenters. The summed E-state index contributed by atoms with van der Waals surface area (Å²) in [6.07, 6.45) is 3.19. The molecule has 1 fully saturated rings. The van der Waals surface area contributed by atoms with Crippen LogP contribution in [0.5, 0.6) is 23.1 Å². The molecule has 0 unspecified atom stereocenters. The molecule has 1 aromatic heterocycles. The fourth-order valence-corrected chi connectivity index (χ4v) is 4.33. The number of nitrogens with zero attached hydrogens (tertiary/aromatic N) is 4. The maximum atomic E-state index is 12.0. The molecule has 11 heteroatoms. The molecule has 2 aromatic carbocycles. The van der Waals surface area contributed by atoms with Crippen molar-refractivity contribution in [2.45, 2.75) is 19.8 Å². The predicted octanol–water partition coefficient (Wildman–Crippen LogP) is 4.63. The lowest BCUT2D eigenvalue weighted by atomic mass is 10.2. The molecule has 2 heterocycles. The van der Waals surface area contributed by atoms with E-state index in [9.17, 15) is 4.79 Å². The smallest absolute Gasteiger partial charge is 0.319 e. The van der Waals surface area contributed by atoms with Crippen LogP contribution in [-0.4, -0.2) is 85.8 Å². The highest BCUT2D eigenvalue weighted by Gasteiger charge is 2.16. The van der Waals surface area contributed by atoms with Crippen LogP contribution in [0.4, 0.5) is 10.5 Å². The minimum atomic E-state index is -0.311. The van der Waals surface area contributed by atoms with Crippen LogP contribution in [0.25, 0.3) is 10.9 Å². The van der Waals surface area contributed by atoms with Crippen LogP contribution in [0.3, 0.4) is 0 Å². The van der Waals surface area contributed by atoms with Crippen LogP contribution in [-0.2, 0) is 0 Å². The zero-order valence-corrected chi connectivity index (χ0v) is 22.9. The van der Waals surface area contributed by atoms with Crippen molar-refractivity contribution < 1.29 is 19.0 Å². The number of ether oxygens (including phenoxy) is 3. The summed E-state index contributed by atoms with van der Waals surface area (Å²) >= 11 is 6.39. The lowest BCUT2D eigenvalue weighted by Gasteiger charge is -2.32. The van der Waals surface area contributed by atoms with Crippen LogP contribution >= 0.6 is 11.6 Å². The molecule has 2 N–H and O–H groups in total. The van der Waals surface area contributed by atoms with Crippen LogP contribution < -0.4 is 24.8 Å². The minimum absolute atomic E-state index is 0.311. The number of methoxy groups -OCH3 is 1. The van der Waals surface area contributed by atoms with E-state index in [0.717, 1.165) is 45.6 Å². The van der Waals surface area contributed by atoms with Gasteiger partial charge < -0.3 is 34.6 Å². The third-order valence-electron chi connectivity index (χ3n) is 6.30. The van der Waals surface area contributed by atoms with Crippen molar-refractivity contribution in [3.63, 3.8) is 0 Å². The van der Waals surface area contributed by atoms with Crippen molar-refractivity contribution in [3.05, 3.63) is 41.7 Å². The number of aromatic nitrogens is 2. The van der Waals surface area contributed by atoms with Crippen LogP contribution in [0, 0.1) is 0 Å². The van der Waals surface area contributed by atoms with E-state index in [1.54, 1.807) is 25.3 Å². The van der Waals surface area contributed by atoms with Gasteiger partial charge in [-0.1, -0.05) is 18.5 Å². The summed E-state index contributed by atoms with van der Waals surface area (Å²) in [4.78, 5) is 25.5. The first-order chi connectivity index (χ1) is 18.5. The number of rotatable bonds is 11. The zero-order chi connectivity index (χ0) is 26.9. The van der Waals surface area contributed by atoms with E-state index in [4.69, 9.17) is 25.8 Å². The molecular formula is C27H35ClN6O4. The Morgan fingerprint density at radius 3 is 2.66 bits per heavy atom. The lowest BCUT2D eigenvalue weighted by Crippen LogP contribution is -2.44. The normalized spacial score (nSPS) is 14.3. The fraction of sp³-hybridized carbons (Fsp3) is 0.444. The zero-order valence-electron chi connectivity index (χ0n) is 22.1. The molecule has 0 aliphatic carbocycles. The van der Waals surface area contributed by atoms with Crippen molar-refractivity contribution in [2.24, 2.45) is 0 Å². The second-order valence-corrected chi connectivity index (χ2v) is 9.58. The van der Waals surface area contributed by atoms with Gasteiger partial charge in [0.25, 0.3) is 0 Å². The van der Waals surface area contributed by atoms with Gasteiger partial charge in [0.2, 0.25) is 5.88 Å². The molecule has 204 valence electrons. The summed E-state index contributed by atoms with van der Waals surface area (Å²) in [6.45, 7) is 8.49. The van der Waals surface area contributed by atoms with Crippen LogP contribution in [0.15, 0.2) is 36.7 Å². The second kappa shape index (κ2) is 13.5. The molecule has 2 amide bonds. The number of anilines is 1. The Balaban J connectivity index is 1.44. The number of nitrogens with one attached hydrogen (secondary N) is 2. The van der Waals surface area contributed by atoms with Gasteiger partial charge in [-0.3, -0.25) is 0 Å². The summed E-state index contributed by atoms with van der Waals surface area (Å²) in [5, 5.41) is 6.51. The number of benzene rings is 2. The van der Waals surface area contributed by atoms with Gasteiger partial charge in [0.1, 0.15) is 12.1 Å². The van der Waals surface area contributed by atoms with Gasteiger partial charge in [-0.25, -0.2) is 14.8 Å². The van der Waals surface area contributed by atoms with Gasteiger partial charge in [-0.15, -0.1) is 0 Å². The minimum Gasteiger partial charge on any atom is -0.493 e. The molecule has 1 aliphatic heterocycles. The highest BCUT2D eigenvalue weighted by molar-refractivity contribution is 6.33. The predicted molar refractivity (Wildman–Crippen MR) is 149 cm³/mol. The Labute approximate surface area is 228 Å². The number of amides is 2. The monoisotopic (exact) mass is 542 g/mol. The SMILES string of the molecule is CCCNC(=O)Nc1ccc(Oc2ncnc3cc(OC)c(OCCCN4CCN(C)CC4)cc23)cc1Cl. The van der Waals surface area contributed by atoms with E-state index >= 15 is 0 Å². The van der Waals surface area contributed by atoms with E-state index in [2.05, 4.69) is 37.4 Å². The highest BCUT2D eigenvalue weighted by Crippen LogP contribution is 2.37. The van der Waals surface area contributed by atoms with Crippen molar-refractivity contribution >= 4 is 34.2 Å². The molecule has 0 bridgehead atoms. The average Bonchev–Trinajstić information content (AvgIpc) is 2.92. The second-order valence-electron chi connectivity index (χ2n) is 9.17. The Kier molecular flexibility index (Phi) is 9.80. The molecule has 0 spiro atoms. The number of carbonyl (C=O) groups excluding carboxylic acids is 1. The van der Waals surface area contributed by atoms with E-state index in [1.165, 1.54) is 6.33 Å². The first kappa shape index (κ1) is 27.7. The third-order valence-corrected chi connectivity index (χ3v) is 6.61. The summed E-state index contributed by atoms with van der Waals surface area (Å²) in [7, 11) is 3.77. The Hall–Kier alpha value is -3.34. The Morgan fingerprint density at radius 2 is 1.92 bits per heavy atom. The molecule has 3 aromatic rings. The molecule has 38 heavy (non-hydrogen) atoms. The van der Waals surface area contributed by atoms with Crippen LogP contribution in [0.1, 0.15) is 19.8 Å². The molecule has 0 radical (unpaired) electrons. The van der Waals surface area contributed by atoms with E-state index in [0.29, 0.717) is 57.9 Å². The average molecular weight is 543 g/mol. The number of urea groups is 1. The molecule has 10 nitrogen and oxygen atoms in total. The van der Waals surface area contributed by atoms with Crippen molar-refractivity contribution in [1.82, 2.24) is 25.1 Å². The number of hydrogen-bond donors (Lipinski definition) is 2. The van der Waals surface area contributed by atoms with Crippen LogP contribution in [0.2, 0.25) is 5.02 Å². The summed E-state index contributed by atoms with van der Waals surface area (Å²) < 4.78 is 17.7. The standard InChI is InChI=1S/C27H35ClN6O4/c1-4-8-29-27(35)32-22-7-6-19(15-21(22)28)38-26-20-16-25(24(36-3)17-23(20)30-18-31-26)37-14-5-9-34-12-10-33(2)11-13-34/h6-7,15-18H,4-5,8-14H2,1-3H3,(H2,29,32,35). The van der Waals surface area contributed by atoms with Gasteiger partial charge in [-0.05, 0) is 38.1 Å². The molecule has 1 aliphatic rings. The largest absolute Gasteiger partial charge is 0.493 e. The summed E-state index contributed by atoms with van der Waals surface area (Å²) in [5.74, 6) is 2.03.